The zero-order valence-corrected chi connectivity index (χ0v) is 16.7. The van der Waals surface area contributed by atoms with E-state index in [1.165, 1.54) is 6.92 Å². The van der Waals surface area contributed by atoms with E-state index in [9.17, 15) is 13.2 Å². The van der Waals surface area contributed by atoms with E-state index in [4.69, 9.17) is 4.74 Å². The molecule has 0 N–H and O–H groups in total. The van der Waals surface area contributed by atoms with Crippen LogP contribution in [0.2, 0.25) is 0 Å². The maximum Gasteiger partial charge on any atom is 0.302 e. The van der Waals surface area contributed by atoms with Crippen LogP contribution in [0.15, 0.2) is 65.6 Å². The smallest absolute Gasteiger partial charge is 0.302 e. The lowest BCUT2D eigenvalue weighted by molar-refractivity contribution is -0.152. The molecule has 0 aliphatic carbocycles. The van der Waals surface area contributed by atoms with Crippen molar-refractivity contribution < 1.29 is 17.9 Å². The molecule has 0 radical (unpaired) electrons. The van der Waals surface area contributed by atoms with Gasteiger partial charge in [0.15, 0.2) is 9.84 Å². The standard InChI is InChI=1S/C22H25NO4S/c1-16(24)27-21-13-12-19-22(28(25,26)18-10-6-3-7-11-18)14-20(21)23(19)15-17-8-4-2-5-9-17/h2-11,19-22H,12-15H2,1H3/t19-,20-,21+,22+/m1/s1. The Hall–Kier alpha value is -2.18. The minimum atomic E-state index is -3.45. The van der Waals surface area contributed by atoms with Crippen LogP contribution in [0.5, 0.6) is 0 Å². The molecule has 0 aromatic heterocycles. The fraction of sp³-hybridized carbons (Fsp3) is 0.409. The Morgan fingerprint density at radius 2 is 1.64 bits per heavy atom. The average molecular weight is 400 g/mol. The zero-order chi connectivity index (χ0) is 19.7. The van der Waals surface area contributed by atoms with Crippen LogP contribution in [0.4, 0.5) is 0 Å². The first kappa shape index (κ1) is 19.2. The van der Waals surface area contributed by atoms with E-state index < -0.39 is 15.1 Å². The van der Waals surface area contributed by atoms with Gasteiger partial charge in [-0.15, -0.1) is 0 Å². The molecule has 6 heteroatoms. The molecule has 2 saturated heterocycles. The molecule has 2 aliphatic heterocycles. The van der Waals surface area contributed by atoms with E-state index in [0.29, 0.717) is 30.7 Å². The van der Waals surface area contributed by atoms with Gasteiger partial charge in [0.2, 0.25) is 0 Å². The average Bonchev–Trinajstić information content (AvgIpc) is 2.94. The molecule has 2 heterocycles. The summed E-state index contributed by atoms with van der Waals surface area (Å²) < 4.78 is 32.3. The molecule has 2 aromatic carbocycles. The molecule has 2 aromatic rings. The minimum Gasteiger partial charge on any atom is -0.461 e. The molecule has 2 bridgehead atoms. The molecule has 5 nitrogen and oxygen atoms in total. The molecule has 0 saturated carbocycles. The summed E-state index contributed by atoms with van der Waals surface area (Å²) in [5, 5.41) is -0.482. The number of hydrogen-bond donors (Lipinski definition) is 0. The zero-order valence-electron chi connectivity index (χ0n) is 15.9. The van der Waals surface area contributed by atoms with Crippen molar-refractivity contribution in [1.29, 1.82) is 0 Å². The Morgan fingerprint density at radius 1 is 1.00 bits per heavy atom. The molecule has 2 aliphatic rings. The first-order valence-corrected chi connectivity index (χ1v) is 11.3. The van der Waals surface area contributed by atoms with Gasteiger partial charge in [-0.1, -0.05) is 48.5 Å². The van der Waals surface area contributed by atoms with Gasteiger partial charge < -0.3 is 4.74 Å². The summed E-state index contributed by atoms with van der Waals surface area (Å²) >= 11 is 0. The summed E-state index contributed by atoms with van der Waals surface area (Å²) in [5.41, 5.74) is 1.14. The summed E-state index contributed by atoms with van der Waals surface area (Å²) in [6.07, 6.45) is 1.65. The summed E-state index contributed by atoms with van der Waals surface area (Å²) in [6.45, 7) is 2.08. The number of piperidine rings is 1. The quantitative estimate of drug-likeness (QED) is 0.723. The van der Waals surface area contributed by atoms with Crippen molar-refractivity contribution in [2.45, 2.75) is 61.1 Å². The number of benzene rings is 2. The summed E-state index contributed by atoms with van der Waals surface area (Å²) in [5.74, 6) is -0.308. The van der Waals surface area contributed by atoms with Crippen molar-refractivity contribution in [2.75, 3.05) is 0 Å². The van der Waals surface area contributed by atoms with Crippen LogP contribution in [-0.4, -0.2) is 42.7 Å². The summed E-state index contributed by atoms with van der Waals surface area (Å²) in [7, 11) is -3.45. The lowest BCUT2D eigenvalue weighted by Crippen LogP contribution is -2.49. The molecule has 28 heavy (non-hydrogen) atoms. The van der Waals surface area contributed by atoms with Crippen molar-refractivity contribution in [2.24, 2.45) is 0 Å². The van der Waals surface area contributed by atoms with Crippen LogP contribution in [-0.2, 0) is 25.9 Å². The van der Waals surface area contributed by atoms with E-state index in [1.54, 1.807) is 24.3 Å². The molecular formula is C22H25NO4S. The third-order valence-electron chi connectivity index (χ3n) is 5.93. The SMILES string of the molecule is CC(=O)O[C@H]1CC[C@@H]2[C@@H](S(=O)(=O)c3ccccc3)C[C@H]1N2Cc1ccccc1. The van der Waals surface area contributed by atoms with Crippen LogP contribution in [0.25, 0.3) is 0 Å². The highest BCUT2D eigenvalue weighted by molar-refractivity contribution is 7.92. The number of fused-ring (bicyclic) bond motifs is 2. The molecular weight excluding hydrogens is 374 g/mol. The largest absolute Gasteiger partial charge is 0.461 e. The molecule has 2 fully saturated rings. The highest BCUT2D eigenvalue weighted by Gasteiger charge is 2.53. The first-order valence-electron chi connectivity index (χ1n) is 9.72. The second-order valence-electron chi connectivity index (χ2n) is 7.65. The predicted molar refractivity (Wildman–Crippen MR) is 106 cm³/mol. The van der Waals surface area contributed by atoms with E-state index in [0.717, 1.165) is 5.56 Å². The third-order valence-corrected chi connectivity index (χ3v) is 8.16. The van der Waals surface area contributed by atoms with Gasteiger partial charge in [-0.25, -0.2) is 8.42 Å². The van der Waals surface area contributed by atoms with E-state index in [1.807, 2.05) is 24.3 Å². The van der Waals surface area contributed by atoms with Gasteiger partial charge in [0.25, 0.3) is 0 Å². The number of sulfone groups is 1. The number of nitrogens with zero attached hydrogens (tertiary/aromatic N) is 1. The number of esters is 1. The minimum absolute atomic E-state index is 0.0674. The fourth-order valence-electron chi connectivity index (χ4n) is 4.73. The predicted octanol–water partition coefficient (Wildman–Crippen LogP) is 3.20. The monoisotopic (exact) mass is 399 g/mol. The molecule has 0 amide bonds. The highest BCUT2D eigenvalue weighted by Crippen LogP contribution is 2.43. The summed E-state index contributed by atoms with van der Waals surface area (Å²) in [6, 6.07) is 18.6. The van der Waals surface area contributed by atoms with Crippen molar-refractivity contribution in [3.63, 3.8) is 0 Å². The van der Waals surface area contributed by atoms with Gasteiger partial charge in [-0.05, 0) is 37.0 Å². The van der Waals surface area contributed by atoms with Crippen LogP contribution < -0.4 is 0 Å². The normalized spacial score (nSPS) is 27.5. The number of hydrogen-bond acceptors (Lipinski definition) is 5. The Bertz CT molecular complexity index is 930. The van der Waals surface area contributed by atoms with Gasteiger partial charge in [-0.3, -0.25) is 9.69 Å². The molecule has 148 valence electrons. The molecule has 4 rings (SSSR count). The number of ether oxygens (including phenoxy) is 1. The van der Waals surface area contributed by atoms with E-state index >= 15 is 0 Å². The van der Waals surface area contributed by atoms with Crippen LogP contribution >= 0.6 is 0 Å². The van der Waals surface area contributed by atoms with Crippen molar-refractivity contribution in [1.82, 2.24) is 4.90 Å². The van der Waals surface area contributed by atoms with Gasteiger partial charge in [-0.2, -0.15) is 0 Å². The maximum absolute atomic E-state index is 13.4. The van der Waals surface area contributed by atoms with E-state index in [2.05, 4.69) is 17.0 Å². The Balaban J connectivity index is 1.67. The second kappa shape index (κ2) is 7.68. The molecule has 4 atom stereocenters. The highest BCUT2D eigenvalue weighted by atomic mass is 32.2. The van der Waals surface area contributed by atoms with Gasteiger partial charge in [0.1, 0.15) is 6.10 Å². The number of carbonyl (C=O) groups is 1. The van der Waals surface area contributed by atoms with Crippen molar-refractivity contribution >= 4 is 15.8 Å². The fourth-order valence-corrected chi connectivity index (χ4v) is 6.77. The lowest BCUT2D eigenvalue weighted by atomic mass is 9.98. The lowest BCUT2D eigenvalue weighted by Gasteiger charge is -2.39. The number of carbonyl (C=O) groups excluding carboxylic acids is 1. The van der Waals surface area contributed by atoms with Crippen molar-refractivity contribution in [3.8, 4) is 0 Å². The van der Waals surface area contributed by atoms with Crippen LogP contribution in [0.3, 0.4) is 0 Å². The number of rotatable bonds is 5. The second-order valence-corrected chi connectivity index (χ2v) is 9.82. The molecule has 0 spiro atoms. The van der Waals surface area contributed by atoms with E-state index in [-0.39, 0.29) is 24.2 Å². The third kappa shape index (κ3) is 3.59. The maximum atomic E-state index is 13.4. The Morgan fingerprint density at radius 3 is 2.29 bits per heavy atom. The van der Waals surface area contributed by atoms with Gasteiger partial charge >= 0.3 is 5.97 Å². The Kier molecular flexibility index (Phi) is 5.25. The van der Waals surface area contributed by atoms with Crippen molar-refractivity contribution in [3.05, 3.63) is 66.2 Å². The van der Waals surface area contributed by atoms with Gasteiger partial charge in [0.05, 0.1) is 10.1 Å². The van der Waals surface area contributed by atoms with Crippen LogP contribution in [0.1, 0.15) is 31.7 Å². The summed E-state index contributed by atoms with van der Waals surface area (Å²) in [4.78, 5) is 14.2. The molecule has 0 unspecified atom stereocenters. The first-order chi connectivity index (χ1) is 13.5. The topological polar surface area (TPSA) is 63.7 Å². The van der Waals surface area contributed by atoms with Crippen LogP contribution in [0, 0.1) is 0 Å². The Labute approximate surface area is 166 Å². The van der Waals surface area contributed by atoms with Gasteiger partial charge in [0, 0.05) is 25.6 Å².